The number of nitrogens with one attached hydrogen (secondary N) is 3. The highest BCUT2D eigenvalue weighted by atomic mass is 16.2. The molecule has 1 aromatic carbocycles. The van der Waals surface area contributed by atoms with E-state index in [1.165, 1.54) is 0 Å². The molecule has 3 N–H and O–H groups in total. The van der Waals surface area contributed by atoms with Gasteiger partial charge < -0.3 is 20.1 Å². The second kappa shape index (κ2) is 11.0. The molecule has 0 saturated carbocycles. The zero-order valence-electron chi connectivity index (χ0n) is 23.3. The van der Waals surface area contributed by atoms with Gasteiger partial charge in [0.2, 0.25) is 0 Å². The van der Waals surface area contributed by atoms with E-state index in [0.717, 1.165) is 65.3 Å². The van der Waals surface area contributed by atoms with E-state index in [1.807, 2.05) is 51.2 Å². The number of aromatic nitrogens is 4. The largest absolute Gasteiger partial charge is 0.354 e. The molecule has 0 unspecified atom stereocenters. The second-order valence-corrected chi connectivity index (χ2v) is 10.9. The SMILES string of the molecule is Cc1cc(C(C)C)c(CN(C(=O)c2cc(-c3ccc(N4CCNCC4)nc3)cc3[nH]ncc23)C(C)C)c(=O)[nH]1. The summed E-state index contributed by atoms with van der Waals surface area (Å²) in [6.07, 6.45) is 3.55. The molecule has 39 heavy (non-hydrogen) atoms. The molecule has 9 nitrogen and oxygen atoms in total. The van der Waals surface area contributed by atoms with E-state index in [-0.39, 0.29) is 30.0 Å². The summed E-state index contributed by atoms with van der Waals surface area (Å²) in [6, 6.07) is 9.90. The van der Waals surface area contributed by atoms with Crippen LogP contribution in [-0.2, 0) is 6.54 Å². The van der Waals surface area contributed by atoms with Crippen molar-refractivity contribution in [3.05, 3.63) is 75.5 Å². The van der Waals surface area contributed by atoms with Gasteiger partial charge >= 0.3 is 0 Å². The fourth-order valence-corrected chi connectivity index (χ4v) is 5.27. The summed E-state index contributed by atoms with van der Waals surface area (Å²) in [7, 11) is 0. The van der Waals surface area contributed by atoms with Crippen LogP contribution in [0.5, 0.6) is 0 Å². The third kappa shape index (κ3) is 5.45. The zero-order valence-corrected chi connectivity index (χ0v) is 23.3. The number of hydrogen-bond donors (Lipinski definition) is 3. The zero-order chi connectivity index (χ0) is 27.7. The average molecular weight is 528 g/mol. The normalized spacial score (nSPS) is 14.0. The Kier molecular flexibility index (Phi) is 7.52. The van der Waals surface area contributed by atoms with Gasteiger partial charge in [0.1, 0.15) is 5.82 Å². The second-order valence-electron chi connectivity index (χ2n) is 10.9. The maximum Gasteiger partial charge on any atom is 0.255 e. The van der Waals surface area contributed by atoms with Crippen molar-refractivity contribution in [2.75, 3.05) is 31.1 Å². The van der Waals surface area contributed by atoms with E-state index in [9.17, 15) is 9.59 Å². The Labute approximate surface area is 228 Å². The van der Waals surface area contributed by atoms with Gasteiger partial charge in [-0.1, -0.05) is 13.8 Å². The summed E-state index contributed by atoms with van der Waals surface area (Å²) in [6.45, 7) is 14.0. The lowest BCUT2D eigenvalue weighted by Crippen LogP contribution is -2.43. The highest BCUT2D eigenvalue weighted by molar-refractivity contribution is 6.07. The van der Waals surface area contributed by atoms with E-state index in [1.54, 1.807) is 11.1 Å². The van der Waals surface area contributed by atoms with Gasteiger partial charge in [-0.25, -0.2) is 4.98 Å². The molecule has 1 saturated heterocycles. The van der Waals surface area contributed by atoms with Gasteiger partial charge in [0.05, 0.1) is 23.8 Å². The molecular formula is C30H37N7O2. The predicted octanol–water partition coefficient (Wildman–Crippen LogP) is 4.21. The van der Waals surface area contributed by atoms with Crippen LogP contribution in [0.1, 0.15) is 60.8 Å². The number of aromatic amines is 2. The van der Waals surface area contributed by atoms with Crippen LogP contribution in [0.2, 0.25) is 0 Å². The summed E-state index contributed by atoms with van der Waals surface area (Å²) in [4.78, 5) is 38.8. The standard InChI is InChI=1S/C30H37N7O2/c1-18(2)23-12-20(5)34-29(38)26(23)17-37(19(3)4)30(39)24-13-22(14-27-25(24)16-33-35-27)21-6-7-28(32-15-21)36-10-8-31-9-11-36/h6-7,12-16,18-19,31H,8-11,17H2,1-5H3,(H,33,35)(H,34,38). The minimum atomic E-state index is -0.144. The molecule has 3 aromatic heterocycles. The van der Waals surface area contributed by atoms with Crippen LogP contribution in [0.3, 0.4) is 0 Å². The number of rotatable bonds is 7. The number of anilines is 1. The first-order chi connectivity index (χ1) is 18.7. The number of nitrogens with zero attached hydrogens (tertiary/aromatic N) is 4. The summed E-state index contributed by atoms with van der Waals surface area (Å²) in [5, 5.41) is 11.4. The van der Waals surface area contributed by atoms with Gasteiger partial charge in [0.15, 0.2) is 0 Å². The van der Waals surface area contributed by atoms with Gasteiger partial charge in [-0.05, 0) is 68.1 Å². The molecule has 1 fully saturated rings. The minimum absolute atomic E-state index is 0.121. The summed E-state index contributed by atoms with van der Waals surface area (Å²) < 4.78 is 0. The number of piperazine rings is 1. The van der Waals surface area contributed by atoms with Crippen LogP contribution < -0.4 is 15.8 Å². The van der Waals surface area contributed by atoms with Crippen LogP contribution >= 0.6 is 0 Å². The van der Waals surface area contributed by atoms with Crippen molar-refractivity contribution in [1.82, 2.24) is 30.4 Å². The number of fused-ring (bicyclic) bond motifs is 1. The molecule has 9 heteroatoms. The van der Waals surface area contributed by atoms with Crippen molar-refractivity contribution in [1.29, 1.82) is 0 Å². The average Bonchev–Trinajstić information content (AvgIpc) is 3.40. The highest BCUT2D eigenvalue weighted by Gasteiger charge is 2.25. The predicted molar refractivity (Wildman–Crippen MR) is 155 cm³/mol. The molecule has 0 aliphatic carbocycles. The minimum Gasteiger partial charge on any atom is -0.354 e. The van der Waals surface area contributed by atoms with Crippen molar-refractivity contribution in [2.45, 2.75) is 53.1 Å². The maximum atomic E-state index is 14.1. The molecule has 0 radical (unpaired) electrons. The molecule has 0 bridgehead atoms. The molecule has 5 rings (SSSR count). The fraction of sp³-hybridized carbons (Fsp3) is 0.400. The van der Waals surface area contributed by atoms with Crippen molar-refractivity contribution in [3.63, 3.8) is 0 Å². The van der Waals surface area contributed by atoms with Gasteiger partial charge in [-0.3, -0.25) is 14.7 Å². The number of benzene rings is 1. The van der Waals surface area contributed by atoms with E-state index in [0.29, 0.717) is 11.1 Å². The van der Waals surface area contributed by atoms with Gasteiger partial charge in [0.25, 0.3) is 11.5 Å². The van der Waals surface area contributed by atoms with E-state index in [2.05, 4.69) is 45.3 Å². The molecule has 4 aromatic rings. The number of pyridine rings is 2. The van der Waals surface area contributed by atoms with Gasteiger partial charge in [-0.15, -0.1) is 0 Å². The molecule has 204 valence electrons. The van der Waals surface area contributed by atoms with Crippen LogP contribution in [0.25, 0.3) is 22.0 Å². The number of carbonyl (C=O) groups excluding carboxylic acids is 1. The Morgan fingerprint density at radius 2 is 1.82 bits per heavy atom. The molecule has 1 amide bonds. The summed E-state index contributed by atoms with van der Waals surface area (Å²) >= 11 is 0. The van der Waals surface area contributed by atoms with Crippen LogP contribution in [-0.4, -0.2) is 63.2 Å². The topological polar surface area (TPSA) is 110 Å². The number of aryl methyl sites for hydroxylation is 1. The summed E-state index contributed by atoms with van der Waals surface area (Å²) in [5.41, 5.74) is 5.40. The molecular weight excluding hydrogens is 490 g/mol. The van der Waals surface area contributed by atoms with E-state index >= 15 is 0 Å². The Hall–Kier alpha value is -3.98. The first-order valence-corrected chi connectivity index (χ1v) is 13.7. The van der Waals surface area contributed by atoms with Crippen LogP contribution in [0.15, 0.2) is 47.5 Å². The first kappa shape index (κ1) is 26.6. The Balaban J connectivity index is 1.51. The van der Waals surface area contributed by atoms with Gasteiger partial charge in [-0.2, -0.15) is 5.10 Å². The molecule has 0 spiro atoms. The number of amides is 1. The van der Waals surface area contributed by atoms with Crippen LogP contribution in [0, 0.1) is 6.92 Å². The van der Waals surface area contributed by atoms with Crippen molar-refractivity contribution < 1.29 is 4.79 Å². The number of carbonyl (C=O) groups is 1. The maximum absolute atomic E-state index is 14.1. The van der Waals surface area contributed by atoms with Crippen molar-refractivity contribution in [3.8, 4) is 11.1 Å². The first-order valence-electron chi connectivity index (χ1n) is 13.7. The monoisotopic (exact) mass is 527 g/mol. The lowest BCUT2D eigenvalue weighted by atomic mass is 9.96. The van der Waals surface area contributed by atoms with Crippen molar-refractivity contribution in [2.24, 2.45) is 0 Å². The molecule has 1 aliphatic rings. The highest BCUT2D eigenvalue weighted by Crippen LogP contribution is 2.29. The lowest BCUT2D eigenvalue weighted by Gasteiger charge is -2.29. The molecule has 0 atom stereocenters. The van der Waals surface area contributed by atoms with Crippen molar-refractivity contribution >= 4 is 22.6 Å². The van der Waals surface area contributed by atoms with Crippen LogP contribution in [0.4, 0.5) is 5.82 Å². The Morgan fingerprint density at radius 3 is 2.49 bits per heavy atom. The Bertz CT molecular complexity index is 1530. The third-order valence-corrected chi connectivity index (χ3v) is 7.45. The lowest BCUT2D eigenvalue weighted by molar-refractivity contribution is 0.0691. The van der Waals surface area contributed by atoms with E-state index in [4.69, 9.17) is 4.98 Å². The number of hydrogen-bond acceptors (Lipinski definition) is 6. The summed E-state index contributed by atoms with van der Waals surface area (Å²) in [5.74, 6) is 0.971. The fourth-order valence-electron chi connectivity index (χ4n) is 5.27. The van der Waals surface area contributed by atoms with Gasteiger partial charge in [0, 0.05) is 60.6 Å². The molecule has 4 heterocycles. The van der Waals surface area contributed by atoms with E-state index < -0.39 is 0 Å². The third-order valence-electron chi connectivity index (χ3n) is 7.45. The number of H-pyrrole nitrogens is 2. The smallest absolute Gasteiger partial charge is 0.255 e. The quantitative estimate of drug-likeness (QED) is 0.332. The molecule has 1 aliphatic heterocycles. The Morgan fingerprint density at radius 1 is 1.05 bits per heavy atom.